The Morgan fingerprint density at radius 1 is 1.47 bits per heavy atom. The molecule has 0 fully saturated rings. The molecule has 0 unspecified atom stereocenters. The van der Waals surface area contributed by atoms with Crippen molar-refractivity contribution in [3.63, 3.8) is 0 Å². The lowest BCUT2D eigenvalue weighted by molar-refractivity contribution is 0.807. The molecule has 0 bridgehead atoms. The predicted octanol–water partition coefficient (Wildman–Crippen LogP) is 3.62. The van der Waals surface area contributed by atoms with E-state index in [0.29, 0.717) is 5.02 Å². The van der Waals surface area contributed by atoms with Crippen LogP contribution in [0.1, 0.15) is 24.2 Å². The van der Waals surface area contributed by atoms with Crippen molar-refractivity contribution in [2.75, 3.05) is 0 Å². The van der Waals surface area contributed by atoms with Crippen molar-refractivity contribution < 1.29 is 0 Å². The number of benzene rings is 1. The van der Waals surface area contributed by atoms with E-state index in [9.17, 15) is 0 Å². The van der Waals surface area contributed by atoms with E-state index in [2.05, 4.69) is 21.0 Å². The van der Waals surface area contributed by atoms with Crippen molar-refractivity contribution in [3.8, 4) is 5.69 Å². The first-order valence-corrected chi connectivity index (χ1v) is 6.43. The van der Waals surface area contributed by atoms with Crippen molar-refractivity contribution in [2.45, 2.75) is 19.9 Å². The Hall–Kier alpha value is -0.840. The molecule has 1 heterocycles. The van der Waals surface area contributed by atoms with Crippen LogP contribution < -0.4 is 5.73 Å². The number of nitrogens with two attached hydrogens (primary N) is 1. The topological polar surface area (TPSA) is 43.8 Å². The molecular formula is C12H13BrClN3. The van der Waals surface area contributed by atoms with E-state index in [1.807, 2.05) is 32.0 Å². The largest absolute Gasteiger partial charge is 0.324 e. The maximum atomic E-state index is 5.99. The first-order valence-electron chi connectivity index (χ1n) is 5.26. The second-order valence-corrected chi connectivity index (χ2v) is 5.26. The van der Waals surface area contributed by atoms with Crippen LogP contribution in [0.25, 0.3) is 5.69 Å². The van der Waals surface area contributed by atoms with Gasteiger partial charge in [-0.2, -0.15) is 5.10 Å². The van der Waals surface area contributed by atoms with Gasteiger partial charge in [0.05, 0.1) is 16.4 Å². The molecule has 0 aliphatic rings. The smallest absolute Gasteiger partial charge is 0.0819 e. The van der Waals surface area contributed by atoms with E-state index in [0.717, 1.165) is 21.4 Å². The Balaban J connectivity index is 2.44. The quantitative estimate of drug-likeness (QED) is 0.920. The first kappa shape index (κ1) is 12.6. The second kappa shape index (κ2) is 4.80. The summed E-state index contributed by atoms with van der Waals surface area (Å²) in [7, 11) is 0. The molecule has 2 N–H and O–H groups in total. The standard InChI is InChI=1S/C12H13BrClN3/c1-7(15)10-4-3-9(5-11(10)13)17-6-12(14)8(2)16-17/h3-7H,15H2,1-2H3/t7-/m0/s1. The third-order valence-corrected chi connectivity index (χ3v) is 3.64. The van der Waals surface area contributed by atoms with Gasteiger partial charge in [-0.3, -0.25) is 0 Å². The van der Waals surface area contributed by atoms with Crippen molar-refractivity contribution in [1.82, 2.24) is 9.78 Å². The number of aryl methyl sites for hydroxylation is 1. The minimum Gasteiger partial charge on any atom is -0.324 e. The molecule has 0 saturated carbocycles. The molecule has 0 radical (unpaired) electrons. The Labute approximate surface area is 114 Å². The number of aromatic nitrogens is 2. The van der Waals surface area contributed by atoms with E-state index in [1.165, 1.54) is 0 Å². The molecule has 2 rings (SSSR count). The number of hydrogen-bond acceptors (Lipinski definition) is 2. The van der Waals surface area contributed by atoms with Crippen LogP contribution in [0.15, 0.2) is 28.9 Å². The molecular weight excluding hydrogens is 302 g/mol. The summed E-state index contributed by atoms with van der Waals surface area (Å²) in [6.07, 6.45) is 1.80. The van der Waals surface area contributed by atoms with Gasteiger partial charge in [0, 0.05) is 16.7 Å². The van der Waals surface area contributed by atoms with Crippen molar-refractivity contribution in [3.05, 3.63) is 45.1 Å². The van der Waals surface area contributed by atoms with Crippen LogP contribution in [0.5, 0.6) is 0 Å². The Kier molecular flexibility index (Phi) is 3.56. The zero-order valence-electron chi connectivity index (χ0n) is 9.61. The van der Waals surface area contributed by atoms with Crippen LogP contribution in [-0.2, 0) is 0 Å². The highest BCUT2D eigenvalue weighted by atomic mass is 79.9. The van der Waals surface area contributed by atoms with E-state index in [-0.39, 0.29) is 6.04 Å². The summed E-state index contributed by atoms with van der Waals surface area (Å²) in [6.45, 7) is 3.83. The molecule has 1 aromatic heterocycles. The molecule has 17 heavy (non-hydrogen) atoms. The first-order chi connectivity index (χ1) is 7.99. The SMILES string of the molecule is Cc1nn(-c2ccc([C@H](C)N)c(Br)c2)cc1Cl. The zero-order valence-corrected chi connectivity index (χ0v) is 12.0. The highest BCUT2D eigenvalue weighted by Gasteiger charge is 2.08. The third kappa shape index (κ3) is 2.54. The van der Waals surface area contributed by atoms with Gasteiger partial charge in [-0.25, -0.2) is 4.68 Å². The lowest BCUT2D eigenvalue weighted by Crippen LogP contribution is -2.06. The average molecular weight is 315 g/mol. The lowest BCUT2D eigenvalue weighted by atomic mass is 10.1. The van der Waals surface area contributed by atoms with Gasteiger partial charge >= 0.3 is 0 Å². The van der Waals surface area contributed by atoms with Crippen LogP contribution in [0.3, 0.4) is 0 Å². The summed E-state index contributed by atoms with van der Waals surface area (Å²) in [5.74, 6) is 0. The fraction of sp³-hybridized carbons (Fsp3) is 0.250. The van der Waals surface area contributed by atoms with Gasteiger partial charge in [-0.15, -0.1) is 0 Å². The summed E-state index contributed by atoms with van der Waals surface area (Å²) < 4.78 is 2.74. The average Bonchev–Trinajstić information content (AvgIpc) is 2.58. The number of rotatable bonds is 2. The fourth-order valence-electron chi connectivity index (χ4n) is 1.60. The molecule has 1 atom stereocenters. The molecule has 0 spiro atoms. The zero-order chi connectivity index (χ0) is 12.6. The van der Waals surface area contributed by atoms with Gasteiger partial charge in [0.25, 0.3) is 0 Å². The molecule has 0 aliphatic carbocycles. The summed E-state index contributed by atoms with van der Waals surface area (Å²) in [5.41, 5.74) is 8.70. The van der Waals surface area contributed by atoms with Crippen LogP contribution in [0, 0.1) is 6.92 Å². The van der Waals surface area contributed by atoms with Crippen LogP contribution in [0.2, 0.25) is 5.02 Å². The minimum absolute atomic E-state index is 0.00127. The maximum absolute atomic E-state index is 5.99. The highest BCUT2D eigenvalue weighted by molar-refractivity contribution is 9.10. The number of nitrogens with zero attached hydrogens (tertiary/aromatic N) is 2. The Bertz CT molecular complexity index is 529. The van der Waals surface area contributed by atoms with Gasteiger partial charge in [-0.1, -0.05) is 33.6 Å². The summed E-state index contributed by atoms with van der Waals surface area (Å²) in [6, 6.07) is 5.96. The normalized spacial score (nSPS) is 12.8. The van der Waals surface area contributed by atoms with E-state index < -0.39 is 0 Å². The summed E-state index contributed by atoms with van der Waals surface area (Å²) >= 11 is 9.50. The molecule has 0 amide bonds. The number of hydrogen-bond donors (Lipinski definition) is 1. The van der Waals surface area contributed by atoms with E-state index in [1.54, 1.807) is 10.9 Å². The molecule has 90 valence electrons. The third-order valence-electron chi connectivity index (χ3n) is 2.58. The minimum atomic E-state index is 0.00127. The maximum Gasteiger partial charge on any atom is 0.0819 e. The molecule has 1 aromatic carbocycles. The van der Waals surface area contributed by atoms with Crippen molar-refractivity contribution in [2.24, 2.45) is 5.73 Å². The molecule has 0 saturated heterocycles. The molecule has 5 heteroatoms. The molecule has 3 nitrogen and oxygen atoms in total. The monoisotopic (exact) mass is 313 g/mol. The van der Waals surface area contributed by atoms with Gasteiger partial charge in [0.1, 0.15) is 0 Å². The molecule has 2 aromatic rings. The number of halogens is 2. The van der Waals surface area contributed by atoms with Crippen LogP contribution in [0.4, 0.5) is 0 Å². The van der Waals surface area contributed by atoms with E-state index in [4.69, 9.17) is 17.3 Å². The summed E-state index contributed by atoms with van der Waals surface area (Å²) in [4.78, 5) is 0. The van der Waals surface area contributed by atoms with Gasteiger partial charge in [0.2, 0.25) is 0 Å². The lowest BCUT2D eigenvalue weighted by Gasteiger charge is -2.10. The van der Waals surface area contributed by atoms with E-state index >= 15 is 0 Å². The molecule has 0 aliphatic heterocycles. The summed E-state index contributed by atoms with van der Waals surface area (Å²) in [5, 5.41) is 4.99. The van der Waals surface area contributed by atoms with Gasteiger partial charge < -0.3 is 5.73 Å². The van der Waals surface area contributed by atoms with Crippen LogP contribution in [-0.4, -0.2) is 9.78 Å². The van der Waals surface area contributed by atoms with Crippen molar-refractivity contribution >= 4 is 27.5 Å². The highest BCUT2D eigenvalue weighted by Crippen LogP contribution is 2.25. The Morgan fingerprint density at radius 2 is 2.18 bits per heavy atom. The van der Waals surface area contributed by atoms with Gasteiger partial charge in [-0.05, 0) is 31.5 Å². The van der Waals surface area contributed by atoms with Gasteiger partial charge in [0.15, 0.2) is 0 Å². The predicted molar refractivity (Wildman–Crippen MR) is 73.6 cm³/mol. The van der Waals surface area contributed by atoms with Crippen molar-refractivity contribution in [1.29, 1.82) is 0 Å². The second-order valence-electron chi connectivity index (χ2n) is 4.00. The van der Waals surface area contributed by atoms with Crippen LogP contribution >= 0.6 is 27.5 Å². The Morgan fingerprint density at radius 3 is 2.65 bits per heavy atom. The fourth-order valence-corrected chi connectivity index (χ4v) is 2.46.